The van der Waals surface area contributed by atoms with Crippen LogP contribution in [0.3, 0.4) is 0 Å². The predicted octanol–water partition coefficient (Wildman–Crippen LogP) is 9.50. The van der Waals surface area contributed by atoms with E-state index in [1.165, 1.54) is 0 Å². The van der Waals surface area contributed by atoms with Crippen LogP contribution in [0, 0.1) is 0 Å². The van der Waals surface area contributed by atoms with Crippen LogP contribution in [0.25, 0.3) is 5.83 Å². The molecule has 224 valence electrons. The van der Waals surface area contributed by atoms with E-state index in [4.69, 9.17) is 34.8 Å². The third-order valence-corrected chi connectivity index (χ3v) is 7.35. The zero-order valence-electron chi connectivity index (χ0n) is 20.1. The van der Waals surface area contributed by atoms with Gasteiger partial charge in [-0.1, -0.05) is 40.9 Å². The number of Topliss-reactive ketones (excluding diaryl/α,β-unsaturated/α-hetero) is 1. The minimum atomic E-state index is -5.32. The molecule has 1 saturated carbocycles. The van der Waals surface area contributed by atoms with Crippen molar-refractivity contribution in [2.45, 2.75) is 55.7 Å². The third kappa shape index (κ3) is 8.07. The zero-order chi connectivity index (χ0) is 31.1. The van der Waals surface area contributed by atoms with Crippen LogP contribution in [-0.2, 0) is 11.0 Å². The lowest BCUT2D eigenvalue weighted by molar-refractivity contribution is -0.144. The summed E-state index contributed by atoms with van der Waals surface area (Å²) in [6.45, 7) is 0. The van der Waals surface area contributed by atoms with E-state index in [0.717, 1.165) is 12.1 Å². The molecule has 0 bridgehead atoms. The largest absolute Gasteiger partial charge is 0.417 e. The van der Waals surface area contributed by atoms with E-state index in [2.05, 4.69) is 0 Å². The SMILES string of the molecule is O=C(NC1(C(=O)CCC(F)(F)F)CC1)c1ccc(/C(F)=C/C(c2cc(Cl)c(Cl)c(Cl)c2)C(F)(F)F)cc1C(F)(F)F. The van der Waals surface area contributed by atoms with Crippen LogP contribution < -0.4 is 5.32 Å². The molecule has 1 aliphatic rings. The molecule has 1 atom stereocenters. The van der Waals surface area contributed by atoms with Gasteiger partial charge in [0.2, 0.25) is 0 Å². The molecule has 0 spiro atoms. The molecule has 2 aromatic carbocycles. The summed E-state index contributed by atoms with van der Waals surface area (Å²) in [5, 5.41) is 0.961. The highest BCUT2D eigenvalue weighted by Gasteiger charge is 2.51. The number of nitrogens with one attached hydrogen (secondary N) is 1. The summed E-state index contributed by atoms with van der Waals surface area (Å²) < 4.78 is 135. The Kier molecular flexibility index (Phi) is 9.37. The van der Waals surface area contributed by atoms with E-state index < -0.39 is 92.6 Å². The molecule has 3 rings (SSSR count). The number of alkyl halides is 9. The Labute approximate surface area is 240 Å². The van der Waals surface area contributed by atoms with Crippen LogP contribution in [0.5, 0.6) is 0 Å². The molecule has 41 heavy (non-hydrogen) atoms. The minimum absolute atomic E-state index is 0.0103. The molecule has 0 heterocycles. The van der Waals surface area contributed by atoms with Crippen LogP contribution in [-0.4, -0.2) is 29.6 Å². The molecule has 0 aliphatic heterocycles. The second-order valence-corrected chi connectivity index (χ2v) is 10.4. The molecule has 1 amide bonds. The molecule has 1 aliphatic carbocycles. The number of carbonyl (C=O) groups excluding carboxylic acids is 2. The normalized spacial score (nSPS) is 16.4. The molecule has 0 radical (unpaired) electrons. The summed E-state index contributed by atoms with van der Waals surface area (Å²) in [4.78, 5) is 24.9. The number of ketones is 1. The van der Waals surface area contributed by atoms with Crippen LogP contribution in [0.15, 0.2) is 36.4 Å². The van der Waals surface area contributed by atoms with E-state index in [0.29, 0.717) is 12.1 Å². The van der Waals surface area contributed by atoms with Crippen LogP contribution in [0.2, 0.25) is 15.1 Å². The van der Waals surface area contributed by atoms with Gasteiger partial charge in [-0.3, -0.25) is 9.59 Å². The van der Waals surface area contributed by atoms with E-state index in [-0.39, 0.29) is 30.0 Å². The summed E-state index contributed by atoms with van der Waals surface area (Å²) in [6.07, 6.45) is -17.9. The number of amides is 1. The first kappa shape index (κ1) is 33.0. The van der Waals surface area contributed by atoms with Crippen molar-refractivity contribution < 1.29 is 53.5 Å². The molecule has 0 aromatic heterocycles. The minimum Gasteiger partial charge on any atom is -0.340 e. The maximum Gasteiger partial charge on any atom is 0.417 e. The Morgan fingerprint density at radius 2 is 1.49 bits per heavy atom. The highest BCUT2D eigenvalue weighted by molar-refractivity contribution is 6.48. The van der Waals surface area contributed by atoms with Crippen molar-refractivity contribution in [1.29, 1.82) is 0 Å². The fourth-order valence-corrected chi connectivity index (χ4v) is 4.49. The Morgan fingerprint density at radius 1 is 0.927 bits per heavy atom. The molecule has 1 fully saturated rings. The van der Waals surface area contributed by atoms with Crippen molar-refractivity contribution in [3.8, 4) is 0 Å². The lowest BCUT2D eigenvalue weighted by Gasteiger charge is -2.20. The van der Waals surface area contributed by atoms with Crippen LogP contribution in [0.1, 0.15) is 58.6 Å². The monoisotopic (exact) mass is 657 g/mol. The molecular weight excluding hydrogens is 643 g/mol. The van der Waals surface area contributed by atoms with Gasteiger partial charge in [0.25, 0.3) is 5.91 Å². The van der Waals surface area contributed by atoms with E-state index in [9.17, 15) is 49.1 Å². The number of halogens is 13. The molecule has 2 aromatic rings. The number of benzene rings is 2. The Hall–Kier alpha value is -2.51. The molecule has 3 nitrogen and oxygen atoms in total. The first-order valence-corrected chi connectivity index (χ1v) is 12.5. The van der Waals surface area contributed by atoms with Gasteiger partial charge in [-0.2, -0.15) is 39.5 Å². The van der Waals surface area contributed by atoms with E-state index in [1.54, 1.807) is 0 Å². The fraction of sp³-hybridized carbons (Fsp3) is 0.360. The van der Waals surface area contributed by atoms with Gasteiger partial charge < -0.3 is 5.32 Å². The lowest BCUT2D eigenvalue weighted by Crippen LogP contribution is -2.44. The summed E-state index contributed by atoms with van der Waals surface area (Å²) in [5.41, 5.74) is -6.29. The highest BCUT2D eigenvalue weighted by atomic mass is 35.5. The van der Waals surface area contributed by atoms with Gasteiger partial charge in [0.1, 0.15) is 11.7 Å². The van der Waals surface area contributed by atoms with Crippen LogP contribution >= 0.6 is 34.8 Å². The van der Waals surface area contributed by atoms with Gasteiger partial charge in [0.15, 0.2) is 5.78 Å². The maximum absolute atomic E-state index is 15.0. The van der Waals surface area contributed by atoms with Crippen molar-refractivity contribution in [3.63, 3.8) is 0 Å². The number of carbonyl (C=O) groups is 2. The predicted molar refractivity (Wildman–Crippen MR) is 131 cm³/mol. The first-order valence-electron chi connectivity index (χ1n) is 11.4. The molecule has 1 N–H and O–H groups in total. The van der Waals surface area contributed by atoms with E-state index >= 15 is 4.39 Å². The van der Waals surface area contributed by atoms with Gasteiger partial charge in [0, 0.05) is 12.0 Å². The number of hydrogen-bond donors (Lipinski definition) is 1. The smallest absolute Gasteiger partial charge is 0.340 e. The van der Waals surface area contributed by atoms with Gasteiger partial charge in [-0.05, 0) is 48.7 Å². The van der Waals surface area contributed by atoms with Crippen molar-refractivity contribution in [3.05, 3.63) is 73.7 Å². The van der Waals surface area contributed by atoms with Gasteiger partial charge >= 0.3 is 18.5 Å². The topological polar surface area (TPSA) is 46.2 Å². The molecule has 16 heteroatoms. The van der Waals surface area contributed by atoms with Crippen molar-refractivity contribution in [1.82, 2.24) is 5.32 Å². The number of hydrogen-bond acceptors (Lipinski definition) is 2. The van der Waals surface area contributed by atoms with Crippen molar-refractivity contribution in [2.75, 3.05) is 0 Å². The van der Waals surface area contributed by atoms with Crippen molar-refractivity contribution >= 4 is 52.3 Å². The summed E-state index contributed by atoms with van der Waals surface area (Å²) >= 11 is 17.2. The van der Waals surface area contributed by atoms with Crippen LogP contribution in [0.4, 0.5) is 43.9 Å². The summed E-state index contributed by atoms with van der Waals surface area (Å²) in [6, 6.07) is 2.71. The maximum atomic E-state index is 15.0. The second-order valence-electron chi connectivity index (χ2n) is 9.17. The summed E-state index contributed by atoms with van der Waals surface area (Å²) in [7, 11) is 0. The average molecular weight is 659 g/mol. The fourth-order valence-electron chi connectivity index (χ4n) is 3.88. The van der Waals surface area contributed by atoms with Gasteiger partial charge in [0.05, 0.1) is 38.2 Å². The van der Waals surface area contributed by atoms with Gasteiger partial charge in [-0.15, -0.1) is 0 Å². The standard InChI is InChI=1S/C25H16Cl3F10NO2/c26-16-8-12(9-17(27)20(16)28)14(24(33,34)35)10-18(29)11-1-2-13(15(7-11)25(36,37)38)21(41)39-22(5-6-22)19(40)3-4-23(30,31)32/h1-2,7-10,14H,3-6H2,(H,39,41)/b18-10-. The Bertz CT molecular complexity index is 1360. The third-order valence-electron chi connectivity index (χ3n) is 6.15. The Morgan fingerprint density at radius 3 is 1.95 bits per heavy atom. The molecular formula is C25H16Cl3F10NO2. The first-order chi connectivity index (χ1) is 18.6. The molecule has 0 saturated heterocycles. The average Bonchev–Trinajstić information content (AvgIpc) is 3.62. The quantitative estimate of drug-likeness (QED) is 0.227. The second kappa shape index (κ2) is 11.6. The highest BCUT2D eigenvalue weighted by Crippen LogP contribution is 2.43. The Balaban J connectivity index is 1.96. The van der Waals surface area contributed by atoms with E-state index in [1.807, 2.05) is 5.32 Å². The number of allylic oxidation sites excluding steroid dienone is 1. The number of rotatable bonds is 8. The zero-order valence-corrected chi connectivity index (χ0v) is 22.4. The molecule has 1 unspecified atom stereocenters. The van der Waals surface area contributed by atoms with Gasteiger partial charge in [-0.25, -0.2) is 4.39 Å². The summed E-state index contributed by atoms with van der Waals surface area (Å²) in [5.74, 6) is -6.97. The van der Waals surface area contributed by atoms with Crippen molar-refractivity contribution in [2.24, 2.45) is 0 Å². The lowest BCUT2D eigenvalue weighted by atomic mass is 9.95.